The van der Waals surface area contributed by atoms with Crippen molar-refractivity contribution in [2.45, 2.75) is 89.3 Å². The van der Waals surface area contributed by atoms with Crippen LogP contribution in [-0.4, -0.2) is 62.9 Å². The molecule has 0 bridgehead atoms. The number of rotatable bonds is 14. The molecule has 0 saturated heterocycles. The molecule has 3 rings (SSSR count). The van der Waals surface area contributed by atoms with Gasteiger partial charge in [-0.1, -0.05) is 56.4 Å². The molecule has 0 unspecified atom stereocenters. The number of allylic oxidation sites excluding steroid dienone is 3. The maximum Gasteiger partial charge on any atom is 0.347 e. The largest absolute Gasteiger partial charge is 0.481 e. The molecular formula is C31H42O8. The van der Waals surface area contributed by atoms with E-state index < -0.39 is 48.9 Å². The number of carbonyl (C=O) groups excluding carboxylic acids is 1. The van der Waals surface area contributed by atoms with Gasteiger partial charge < -0.3 is 29.9 Å². The van der Waals surface area contributed by atoms with Gasteiger partial charge in [-0.3, -0.25) is 4.79 Å². The molecule has 1 aromatic rings. The molecule has 0 fully saturated rings. The van der Waals surface area contributed by atoms with Gasteiger partial charge in [-0.25, -0.2) is 4.79 Å². The molecule has 39 heavy (non-hydrogen) atoms. The molecule has 0 heterocycles. The van der Waals surface area contributed by atoms with E-state index in [-0.39, 0.29) is 30.6 Å². The van der Waals surface area contributed by atoms with E-state index in [0.29, 0.717) is 31.4 Å². The van der Waals surface area contributed by atoms with Crippen LogP contribution in [0.4, 0.5) is 0 Å². The highest BCUT2D eigenvalue weighted by atomic mass is 16.6. The Bertz CT molecular complexity index is 1050. The molecule has 0 saturated carbocycles. The Labute approximate surface area is 230 Å². The summed E-state index contributed by atoms with van der Waals surface area (Å²) in [7, 11) is 0. The van der Waals surface area contributed by atoms with Gasteiger partial charge in [0.2, 0.25) is 0 Å². The number of benzene rings is 1. The molecule has 2 aliphatic rings. The van der Waals surface area contributed by atoms with E-state index in [1.807, 2.05) is 37.3 Å². The van der Waals surface area contributed by atoms with Gasteiger partial charge in [0, 0.05) is 12.3 Å². The van der Waals surface area contributed by atoms with E-state index >= 15 is 0 Å². The summed E-state index contributed by atoms with van der Waals surface area (Å²) in [6, 6.07) is 7.51. The number of hydrogen-bond donors (Lipinski definition) is 4. The van der Waals surface area contributed by atoms with E-state index in [4.69, 9.17) is 14.6 Å². The van der Waals surface area contributed by atoms with Crippen molar-refractivity contribution in [3.05, 3.63) is 66.3 Å². The van der Waals surface area contributed by atoms with E-state index in [9.17, 15) is 24.9 Å². The second-order valence-electron chi connectivity index (χ2n) is 10.7. The fraction of sp³-hybridized carbons (Fsp3) is 0.548. The first-order chi connectivity index (χ1) is 18.6. The Morgan fingerprint density at radius 3 is 2.64 bits per heavy atom. The van der Waals surface area contributed by atoms with Gasteiger partial charge in [0.05, 0.1) is 24.7 Å². The van der Waals surface area contributed by atoms with Gasteiger partial charge in [-0.2, -0.15) is 0 Å². The molecule has 8 heteroatoms. The fourth-order valence-electron chi connectivity index (χ4n) is 5.71. The lowest BCUT2D eigenvalue weighted by atomic mass is 9.66. The zero-order chi connectivity index (χ0) is 28.5. The fourth-order valence-corrected chi connectivity index (χ4v) is 5.71. The number of carbonyl (C=O) groups is 2. The Kier molecular flexibility index (Phi) is 11.3. The molecule has 0 amide bonds. The molecule has 0 spiro atoms. The van der Waals surface area contributed by atoms with Crippen LogP contribution in [0.3, 0.4) is 0 Å². The van der Waals surface area contributed by atoms with Gasteiger partial charge in [-0.05, 0) is 61.1 Å². The van der Waals surface area contributed by atoms with Crippen LogP contribution in [0.15, 0.2) is 60.7 Å². The van der Waals surface area contributed by atoms with Gasteiger partial charge >= 0.3 is 11.9 Å². The van der Waals surface area contributed by atoms with Crippen molar-refractivity contribution in [3.8, 4) is 5.75 Å². The first-order valence-corrected chi connectivity index (χ1v) is 13.8. The van der Waals surface area contributed by atoms with Crippen molar-refractivity contribution >= 4 is 11.9 Å². The highest BCUT2D eigenvalue weighted by molar-refractivity contribution is 5.75. The molecule has 4 N–H and O–H groups in total. The lowest BCUT2D eigenvalue weighted by Crippen LogP contribution is -2.44. The predicted octanol–water partition coefficient (Wildman–Crippen LogP) is 3.98. The second-order valence-corrected chi connectivity index (χ2v) is 10.7. The second kappa shape index (κ2) is 14.4. The summed E-state index contributed by atoms with van der Waals surface area (Å²) in [5.41, 5.74) is 1.83. The monoisotopic (exact) mass is 542 g/mol. The number of aliphatic hydroxyl groups is 3. The van der Waals surface area contributed by atoms with Crippen molar-refractivity contribution in [1.29, 1.82) is 0 Å². The van der Waals surface area contributed by atoms with Gasteiger partial charge in [0.1, 0.15) is 11.9 Å². The highest BCUT2D eigenvalue weighted by Gasteiger charge is 2.42. The van der Waals surface area contributed by atoms with E-state index in [2.05, 4.69) is 19.6 Å². The van der Waals surface area contributed by atoms with Crippen LogP contribution in [0.1, 0.15) is 57.9 Å². The average Bonchev–Trinajstić information content (AvgIpc) is 2.87. The summed E-state index contributed by atoms with van der Waals surface area (Å²) < 4.78 is 12.2. The van der Waals surface area contributed by atoms with Crippen LogP contribution in [0, 0.1) is 17.8 Å². The van der Waals surface area contributed by atoms with Crippen LogP contribution < -0.4 is 4.74 Å². The van der Waals surface area contributed by atoms with E-state index in [0.717, 1.165) is 11.1 Å². The van der Waals surface area contributed by atoms with E-state index in [1.165, 1.54) is 0 Å². The van der Waals surface area contributed by atoms with Gasteiger partial charge in [0.25, 0.3) is 0 Å². The smallest absolute Gasteiger partial charge is 0.347 e. The molecule has 214 valence electrons. The Hall–Kier alpha value is -2.94. The van der Waals surface area contributed by atoms with Gasteiger partial charge in [0.15, 0.2) is 6.10 Å². The number of hydrogen-bond acceptors (Lipinski definition) is 7. The van der Waals surface area contributed by atoms with Crippen LogP contribution in [0.5, 0.6) is 5.75 Å². The molecule has 1 aromatic carbocycles. The Balaban J connectivity index is 1.72. The highest BCUT2D eigenvalue weighted by Crippen LogP contribution is 2.44. The van der Waals surface area contributed by atoms with Crippen LogP contribution in [0.25, 0.3) is 0 Å². The average molecular weight is 543 g/mol. The number of carboxylic acid groups (broad SMARTS) is 1. The van der Waals surface area contributed by atoms with Crippen molar-refractivity contribution in [3.63, 3.8) is 0 Å². The molecule has 2 aliphatic carbocycles. The van der Waals surface area contributed by atoms with E-state index in [1.54, 1.807) is 12.2 Å². The van der Waals surface area contributed by atoms with Crippen LogP contribution in [0.2, 0.25) is 0 Å². The normalized spacial score (nSPS) is 26.5. The first-order valence-electron chi connectivity index (χ1n) is 13.8. The lowest BCUT2D eigenvalue weighted by Gasteiger charge is -2.43. The topological polar surface area (TPSA) is 134 Å². The quantitative estimate of drug-likeness (QED) is 0.205. The van der Waals surface area contributed by atoms with Crippen LogP contribution in [-0.2, 0) is 20.7 Å². The summed E-state index contributed by atoms with van der Waals surface area (Å²) in [4.78, 5) is 24.2. The SMILES string of the molecule is C=CCc1ccccc1O[C@@H](CC)C(=O)O[C@H]1C[C@H](O)C=C2C=C[C@@H](C)[C@H](CC[C@@H](O)C[C@@H](O)CC(=O)O)[C@H]21. The summed E-state index contributed by atoms with van der Waals surface area (Å²) in [5, 5.41) is 39.8. The molecule has 0 aromatic heterocycles. The molecular weight excluding hydrogens is 500 g/mol. The molecule has 8 atom stereocenters. The van der Waals surface area contributed by atoms with Crippen molar-refractivity contribution < 1.29 is 39.5 Å². The Morgan fingerprint density at radius 1 is 1.21 bits per heavy atom. The minimum atomic E-state index is -1.11. The number of aliphatic hydroxyl groups excluding tert-OH is 3. The van der Waals surface area contributed by atoms with Crippen molar-refractivity contribution in [2.75, 3.05) is 0 Å². The third kappa shape index (κ3) is 8.52. The number of aliphatic carboxylic acids is 1. The minimum absolute atomic E-state index is 0.0173. The maximum absolute atomic E-state index is 13.4. The summed E-state index contributed by atoms with van der Waals surface area (Å²) in [6.07, 6.45) is 5.32. The molecule has 0 radical (unpaired) electrons. The number of para-hydroxylation sites is 1. The third-order valence-electron chi connectivity index (χ3n) is 7.67. The maximum atomic E-state index is 13.4. The first kappa shape index (κ1) is 30.6. The summed E-state index contributed by atoms with van der Waals surface area (Å²) in [5.74, 6) is -1.01. The minimum Gasteiger partial charge on any atom is -0.481 e. The molecule has 0 aliphatic heterocycles. The Morgan fingerprint density at radius 2 is 1.95 bits per heavy atom. The predicted molar refractivity (Wildman–Crippen MR) is 147 cm³/mol. The number of ether oxygens (including phenoxy) is 2. The number of fused-ring (bicyclic) bond motifs is 1. The summed E-state index contributed by atoms with van der Waals surface area (Å²) in [6.45, 7) is 7.72. The zero-order valence-corrected chi connectivity index (χ0v) is 22.8. The van der Waals surface area contributed by atoms with Crippen molar-refractivity contribution in [2.24, 2.45) is 17.8 Å². The van der Waals surface area contributed by atoms with Gasteiger partial charge in [-0.15, -0.1) is 6.58 Å². The number of carboxylic acids is 1. The zero-order valence-electron chi connectivity index (χ0n) is 22.8. The summed E-state index contributed by atoms with van der Waals surface area (Å²) >= 11 is 0. The third-order valence-corrected chi connectivity index (χ3v) is 7.67. The standard InChI is InChI=1S/C31H42O8/c1-4-8-20-9-6-7-10-27(20)38-26(5-2)31(37)39-28-17-23(33)15-21-12-11-19(3)25(30(21)28)14-13-22(32)16-24(34)18-29(35)36/h4,6-7,9-12,15,19,22-26,28,30,32-34H,1,5,8,13-14,16-18H2,2-3H3,(H,35,36)/t19-,22-,23-,24-,25+,26+,28+,30+/m1/s1. The van der Waals surface area contributed by atoms with Crippen LogP contribution >= 0.6 is 0 Å². The lowest BCUT2D eigenvalue weighted by molar-refractivity contribution is -0.163. The van der Waals surface area contributed by atoms with Crippen molar-refractivity contribution in [1.82, 2.24) is 0 Å². The molecule has 8 nitrogen and oxygen atoms in total. The number of esters is 1.